The van der Waals surface area contributed by atoms with Crippen molar-refractivity contribution in [2.45, 2.75) is 18.7 Å². The van der Waals surface area contributed by atoms with Gasteiger partial charge in [0.1, 0.15) is 16.9 Å². The van der Waals surface area contributed by atoms with Gasteiger partial charge in [0.15, 0.2) is 0 Å². The molecule has 0 spiro atoms. The van der Waals surface area contributed by atoms with Crippen LogP contribution in [0.15, 0.2) is 32.5 Å². The molecule has 0 aromatic carbocycles. The van der Waals surface area contributed by atoms with E-state index in [-0.39, 0.29) is 5.38 Å². The Balaban J connectivity index is 2.28. The first-order valence-corrected chi connectivity index (χ1v) is 6.79. The fraction of sp³-hybridized carbons (Fsp3) is 0.273. The highest BCUT2D eigenvalue weighted by Crippen LogP contribution is 2.38. The van der Waals surface area contributed by atoms with Crippen LogP contribution in [0.1, 0.15) is 28.7 Å². The lowest BCUT2D eigenvalue weighted by molar-refractivity contribution is 0.475. The summed E-state index contributed by atoms with van der Waals surface area (Å²) in [6, 6.07) is 5.92. The molecule has 0 aliphatic carbocycles. The molecule has 15 heavy (non-hydrogen) atoms. The van der Waals surface area contributed by atoms with Gasteiger partial charge in [-0.3, -0.25) is 0 Å². The fourth-order valence-corrected chi connectivity index (χ4v) is 3.44. The van der Waals surface area contributed by atoms with Crippen LogP contribution in [0.4, 0.5) is 0 Å². The smallest absolute Gasteiger partial charge is 0.127 e. The zero-order valence-corrected chi connectivity index (χ0v) is 11.3. The van der Waals surface area contributed by atoms with Gasteiger partial charge in [-0.15, -0.1) is 22.9 Å². The van der Waals surface area contributed by atoms with Crippen molar-refractivity contribution in [1.29, 1.82) is 0 Å². The van der Waals surface area contributed by atoms with E-state index < -0.39 is 0 Å². The molecule has 0 aliphatic heterocycles. The van der Waals surface area contributed by atoms with Crippen molar-refractivity contribution >= 4 is 38.9 Å². The Hall–Kier alpha value is -0.250. The van der Waals surface area contributed by atoms with Crippen LogP contribution in [-0.2, 0) is 6.42 Å². The van der Waals surface area contributed by atoms with Crippen molar-refractivity contribution in [1.82, 2.24) is 0 Å². The van der Waals surface area contributed by atoms with Crippen molar-refractivity contribution in [3.05, 3.63) is 44.4 Å². The van der Waals surface area contributed by atoms with Gasteiger partial charge in [0, 0.05) is 15.8 Å². The maximum absolute atomic E-state index is 6.34. The first kappa shape index (κ1) is 11.2. The SMILES string of the molecule is CCc1ccc(C(Cl)c2sccc2Br)o1. The lowest BCUT2D eigenvalue weighted by Gasteiger charge is -2.04. The van der Waals surface area contributed by atoms with Crippen molar-refractivity contribution in [2.75, 3.05) is 0 Å². The van der Waals surface area contributed by atoms with Gasteiger partial charge >= 0.3 is 0 Å². The molecule has 4 heteroatoms. The van der Waals surface area contributed by atoms with Gasteiger partial charge < -0.3 is 4.42 Å². The van der Waals surface area contributed by atoms with Crippen LogP contribution in [0.5, 0.6) is 0 Å². The lowest BCUT2D eigenvalue weighted by atomic mass is 10.3. The highest BCUT2D eigenvalue weighted by Gasteiger charge is 2.18. The lowest BCUT2D eigenvalue weighted by Crippen LogP contribution is -1.87. The quantitative estimate of drug-likeness (QED) is 0.728. The van der Waals surface area contributed by atoms with Gasteiger partial charge in [-0.05, 0) is 39.5 Å². The van der Waals surface area contributed by atoms with E-state index in [0.29, 0.717) is 0 Å². The maximum atomic E-state index is 6.34. The van der Waals surface area contributed by atoms with E-state index in [0.717, 1.165) is 27.3 Å². The second kappa shape index (κ2) is 4.73. The van der Waals surface area contributed by atoms with Crippen LogP contribution in [-0.4, -0.2) is 0 Å². The van der Waals surface area contributed by atoms with E-state index in [9.17, 15) is 0 Å². The van der Waals surface area contributed by atoms with Gasteiger partial charge in [-0.2, -0.15) is 0 Å². The first-order chi connectivity index (χ1) is 7.22. The summed E-state index contributed by atoms with van der Waals surface area (Å²) in [7, 11) is 0. The predicted molar refractivity (Wildman–Crippen MR) is 67.8 cm³/mol. The largest absolute Gasteiger partial charge is 0.464 e. The molecular weight excluding hydrogens is 296 g/mol. The second-order valence-electron chi connectivity index (χ2n) is 3.15. The molecule has 2 aromatic heterocycles. The van der Waals surface area contributed by atoms with E-state index in [1.807, 2.05) is 23.6 Å². The summed E-state index contributed by atoms with van der Waals surface area (Å²) >= 11 is 11.4. The highest BCUT2D eigenvalue weighted by molar-refractivity contribution is 9.10. The van der Waals surface area contributed by atoms with Gasteiger partial charge in [-0.1, -0.05) is 6.92 Å². The van der Waals surface area contributed by atoms with Crippen LogP contribution in [0, 0.1) is 0 Å². The Morgan fingerprint density at radius 2 is 2.27 bits per heavy atom. The normalized spacial score (nSPS) is 13.0. The average molecular weight is 306 g/mol. The molecule has 0 bridgehead atoms. The Bertz CT molecular complexity index is 449. The molecule has 0 amide bonds. The van der Waals surface area contributed by atoms with E-state index in [1.165, 1.54) is 0 Å². The number of hydrogen-bond acceptors (Lipinski definition) is 2. The van der Waals surface area contributed by atoms with Crippen LogP contribution in [0.25, 0.3) is 0 Å². The van der Waals surface area contributed by atoms with Gasteiger partial charge in [-0.25, -0.2) is 0 Å². The summed E-state index contributed by atoms with van der Waals surface area (Å²) in [6.45, 7) is 2.06. The molecule has 0 fully saturated rings. The van der Waals surface area contributed by atoms with Gasteiger partial charge in [0.2, 0.25) is 0 Å². The summed E-state index contributed by atoms with van der Waals surface area (Å²) in [5.41, 5.74) is 0. The molecule has 2 heterocycles. The number of halogens is 2. The number of thiophene rings is 1. The van der Waals surface area contributed by atoms with Crippen molar-refractivity contribution in [3.8, 4) is 0 Å². The summed E-state index contributed by atoms with van der Waals surface area (Å²) in [4.78, 5) is 1.09. The third-order valence-corrected chi connectivity index (χ3v) is 4.65. The molecule has 80 valence electrons. The number of rotatable bonds is 3. The maximum Gasteiger partial charge on any atom is 0.127 e. The molecule has 0 radical (unpaired) electrons. The molecule has 1 nitrogen and oxygen atoms in total. The van der Waals surface area contributed by atoms with Gasteiger partial charge in [0.05, 0.1) is 0 Å². The molecule has 1 unspecified atom stereocenters. The number of aryl methyl sites for hydroxylation is 1. The number of furan rings is 1. The molecule has 1 atom stereocenters. The third-order valence-electron chi connectivity index (χ3n) is 2.16. The van der Waals surface area contributed by atoms with E-state index in [4.69, 9.17) is 16.0 Å². The minimum atomic E-state index is -0.195. The van der Waals surface area contributed by atoms with Crippen LogP contribution >= 0.6 is 38.9 Å². The predicted octanol–water partition coefficient (Wildman–Crippen LogP) is 4.99. The zero-order valence-electron chi connectivity index (χ0n) is 8.17. The Morgan fingerprint density at radius 3 is 2.80 bits per heavy atom. The Kier molecular flexibility index (Phi) is 3.54. The van der Waals surface area contributed by atoms with Gasteiger partial charge in [0.25, 0.3) is 0 Å². The average Bonchev–Trinajstić information content (AvgIpc) is 2.84. The van der Waals surface area contributed by atoms with Crippen LogP contribution in [0.2, 0.25) is 0 Å². The summed E-state index contributed by atoms with van der Waals surface area (Å²) in [5.74, 6) is 1.79. The molecule has 2 rings (SSSR count). The highest BCUT2D eigenvalue weighted by atomic mass is 79.9. The molecule has 0 saturated carbocycles. The number of alkyl halides is 1. The standard InChI is InChI=1S/C11H10BrClOS/c1-2-7-3-4-9(14-7)10(13)11-8(12)5-6-15-11/h3-6,10H,2H2,1H3. The minimum Gasteiger partial charge on any atom is -0.464 e. The van der Waals surface area contributed by atoms with Crippen molar-refractivity contribution < 1.29 is 4.42 Å². The zero-order chi connectivity index (χ0) is 10.8. The molecular formula is C11H10BrClOS. The minimum absolute atomic E-state index is 0.195. The van der Waals surface area contributed by atoms with Crippen LogP contribution in [0.3, 0.4) is 0 Å². The van der Waals surface area contributed by atoms with Crippen molar-refractivity contribution in [2.24, 2.45) is 0 Å². The molecule has 0 saturated heterocycles. The number of hydrogen-bond donors (Lipinski definition) is 0. The second-order valence-corrected chi connectivity index (χ2v) is 5.39. The van der Waals surface area contributed by atoms with Crippen LogP contribution < -0.4 is 0 Å². The first-order valence-electron chi connectivity index (χ1n) is 4.68. The molecule has 2 aromatic rings. The summed E-state index contributed by atoms with van der Waals surface area (Å²) in [5, 5.41) is 1.82. The summed E-state index contributed by atoms with van der Waals surface area (Å²) < 4.78 is 6.67. The Labute approximate surface area is 106 Å². The van der Waals surface area contributed by atoms with Crippen molar-refractivity contribution in [3.63, 3.8) is 0 Å². The monoisotopic (exact) mass is 304 g/mol. The Morgan fingerprint density at radius 1 is 1.47 bits per heavy atom. The summed E-state index contributed by atoms with van der Waals surface area (Å²) in [6.07, 6.45) is 0.898. The fourth-order valence-electron chi connectivity index (χ4n) is 1.34. The van der Waals surface area contributed by atoms with E-state index >= 15 is 0 Å². The van der Waals surface area contributed by atoms with E-state index in [1.54, 1.807) is 11.3 Å². The van der Waals surface area contributed by atoms with E-state index in [2.05, 4.69) is 22.9 Å². The third kappa shape index (κ3) is 2.30. The topological polar surface area (TPSA) is 13.1 Å². The molecule has 0 aliphatic rings. The molecule has 0 N–H and O–H groups in total.